The highest BCUT2D eigenvalue weighted by Crippen LogP contribution is 2.24. The third-order valence-corrected chi connectivity index (χ3v) is 3.41. The molecule has 104 valence electrons. The van der Waals surface area contributed by atoms with Crippen LogP contribution in [0.4, 0.5) is 5.69 Å². The Balaban J connectivity index is 2.13. The minimum Gasteiger partial charge on any atom is -0.323 e. The van der Waals surface area contributed by atoms with E-state index in [0.717, 1.165) is 16.7 Å². The lowest BCUT2D eigenvalue weighted by Gasteiger charge is -2.14. The number of anilines is 1. The number of amides is 1. The summed E-state index contributed by atoms with van der Waals surface area (Å²) in [5.41, 5.74) is 9.48. The molecule has 1 unspecified atom stereocenters. The Morgan fingerprint density at radius 2 is 1.70 bits per heavy atom. The molecule has 3 N–H and O–H groups in total. The van der Waals surface area contributed by atoms with Gasteiger partial charge in [-0.3, -0.25) is 4.79 Å². The zero-order valence-corrected chi connectivity index (χ0v) is 12.2. The van der Waals surface area contributed by atoms with Crippen molar-refractivity contribution in [3.05, 3.63) is 64.2 Å². The van der Waals surface area contributed by atoms with Gasteiger partial charge < -0.3 is 11.1 Å². The van der Waals surface area contributed by atoms with E-state index in [1.165, 1.54) is 0 Å². The Labute approximate surface area is 123 Å². The van der Waals surface area contributed by atoms with Gasteiger partial charge in [0, 0.05) is 0 Å². The number of benzene rings is 2. The minimum absolute atomic E-state index is 0.278. The topological polar surface area (TPSA) is 55.1 Å². The number of aryl methyl sites for hydroxylation is 2. The van der Waals surface area contributed by atoms with Gasteiger partial charge in [-0.05, 0) is 37.1 Å². The molecule has 0 saturated carbocycles. The van der Waals surface area contributed by atoms with Crippen molar-refractivity contribution in [3.63, 3.8) is 0 Å². The first-order valence-electron chi connectivity index (χ1n) is 6.36. The molecule has 0 heterocycles. The Kier molecular flexibility index (Phi) is 4.42. The standard InChI is InChI=1S/C16H17ClN2O/c1-10-3-6-12(7-4-10)15(18)16(20)19-14-8-5-11(2)9-13(14)17/h3-9,15H,18H2,1-2H3,(H,19,20). The maximum absolute atomic E-state index is 12.1. The predicted molar refractivity (Wildman–Crippen MR) is 82.9 cm³/mol. The summed E-state index contributed by atoms with van der Waals surface area (Å²) in [6.07, 6.45) is 0. The second kappa shape index (κ2) is 6.07. The Hall–Kier alpha value is -1.84. The smallest absolute Gasteiger partial charge is 0.245 e. The first-order chi connectivity index (χ1) is 9.47. The van der Waals surface area contributed by atoms with E-state index in [1.54, 1.807) is 12.1 Å². The molecule has 0 aromatic heterocycles. The van der Waals surface area contributed by atoms with Crippen LogP contribution in [0.3, 0.4) is 0 Å². The average molecular weight is 289 g/mol. The van der Waals surface area contributed by atoms with Crippen LogP contribution in [0.25, 0.3) is 0 Å². The predicted octanol–water partition coefficient (Wildman–Crippen LogP) is 3.60. The Morgan fingerprint density at radius 3 is 2.30 bits per heavy atom. The van der Waals surface area contributed by atoms with Crippen LogP contribution in [-0.4, -0.2) is 5.91 Å². The summed E-state index contributed by atoms with van der Waals surface area (Å²) in [4.78, 5) is 12.1. The summed E-state index contributed by atoms with van der Waals surface area (Å²) in [5, 5.41) is 3.26. The summed E-state index contributed by atoms with van der Waals surface area (Å²) in [5.74, 6) is -0.278. The number of carbonyl (C=O) groups is 1. The molecule has 0 radical (unpaired) electrons. The molecular weight excluding hydrogens is 272 g/mol. The van der Waals surface area contributed by atoms with Crippen molar-refractivity contribution in [3.8, 4) is 0 Å². The average Bonchev–Trinajstić information content (AvgIpc) is 2.42. The molecule has 2 rings (SSSR count). The molecule has 0 aliphatic heterocycles. The molecule has 0 fully saturated rings. The van der Waals surface area contributed by atoms with E-state index in [9.17, 15) is 4.79 Å². The van der Waals surface area contributed by atoms with Gasteiger partial charge in [0.05, 0.1) is 10.7 Å². The van der Waals surface area contributed by atoms with E-state index in [0.29, 0.717) is 10.7 Å². The number of hydrogen-bond acceptors (Lipinski definition) is 2. The van der Waals surface area contributed by atoms with Crippen LogP contribution in [0.5, 0.6) is 0 Å². The zero-order chi connectivity index (χ0) is 14.7. The second-order valence-corrected chi connectivity index (χ2v) is 5.27. The molecule has 0 aliphatic carbocycles. The lowest BCUT2D eigenvalue weighted by atomic mass is 10.1. The Bertz CT molecular complexity index is 623. The van der Waals surface area contributed by atoms with Crippen molar-refractivity contribution in [1.82, 2.24) is 0 Å². The van der Waals surface area contributed by atoms with Crippen molar-refractivity contribution < 1.29 is 4.79 Å². The molecule has 0 spiro atoms. The van der Waals surface area contributed by atoms with Crippen LogP contribution in [0.1, 0.15) is 22.7 Å². The molecule has 4 heteroatoms. The molecule has 3 nitrogen and oxygen atoms in total. The highest BCUT2D eigenvalue weighted by atomic mass is 35.5. The van der Waals surface area contributed by atoms with Gasteiger partial charge in [-0.2, -0.15) is 0 Å². The quantitative estimate of drug-likeness (QED) is 0.907. The fraction of sp³-hybridized carbons (Fsp3) is 0.188. The molecule has 0 aliphatic rings. The molecule has 1 atom stereocenters. The minimum atomic E-state index is -0.715. The first-order valence-corrected chi connectivity index (χ1v) is 6.74. The monoisotopic (exact) mass is 288 g/mol. The van der Waals surface area contributed by atoms with Gasteiger partial charge >= 0.3 is 0 Å². The van der Waals surface area contributed by atoms with Crippen LogP contribution < -0.4 is 11.1 Å². The van der Waals surface area contributed by atoms with E-state index in [4.69, 9.17) is 17.3 Å². The number of carbonyl (C=O) groups excluding carboxylic acids is 1. The Morgan fingerprint density at radius 1 is 1.10 bits per heavy atom. The lowest BCUT2D eigenvalue weighted by Crippen LogP contribution is -2.27. The van der Waals surface area contributed by atoms with Crippen LogP contribution in [0.2, 0.25) is 5.02 Å². The summed E-state index contributed by atoms with van der Waals surface area (Å²) in [7, 11) is 0. The number of nitrogens with one attached hydrogen (secondary N) is 1. The van der Waals surface area contributed by atoms with Gasteiger partial charge in [0.15, 0.2) is 0 Å². The first kappa shape index (κ1) is 14.6. The molecule has 20 heavy (non-hydrogen) atoms. The highest BCUT2D eigenvalue weighted by Gasteiger charge is 2.16. The number of hydrogen-bond donors (Lipinski definition) is 2. The molecule has 1 amide bonds. The summed E-state index contributed by atoms with van der Waals surface area (Å²) < 4.78 is 0. The zero-order valence-electron chi connectivity index (χ0n) is 11.5. The van der Waals surface area contributed by atoms with Crippen LogP contribution >= 0.6 is 11.6 Å². The van der Waals surface area contributed by atoms with Gasteiger partial charge in [0.25, 0.3) is 0 Å². The third-order valence-electron chi connectivity index (χ3n) is 3.10. The van der Waals surface area contributed by atoms with Gasteiger partial charge in [0.2, 0.25) is 5.91 Å². The number of rotatable bonds is 3. The van der Waals surface area contributed by atoms with Crippen molar-refractivity contribution >= 4 is 23.2 Å². The van der Waals surface area contributed by atoms with Gasteiger partial charge in [0.1, 0.15) is 6.04 Å². The maximum Gasteiger partial charge on any atom is 0.245 e. The normalized spacial score (nSPS) is 12.0. The van der Waals surface area contributed by atoms with Crippen molar-refractivity contribution in [2.75, 3.05) is 5.32 Å². The fourth-order valence-corrected chi connectivity index (χ4v) is 2.14. The molecule has 0 saturated heterocycles. The number of halogens is 1. The van der Waals surface area contributed by atoms with Gasteiger partial charge in [-0.25, -0.2) is 0 Å². The van der Waals surface area contributed by atoms with E-state index < -0.39 is 6.04 Å². The van der Waals surface area contributed by atoms with Gasteiger partial charge in [-0.15, -0.1) is 0 Å². The van der Waals surface area contributed by atoms with E-state index in [-0.39, 0.29) is 5.91 Å². The molecule has 2 aromatic carbocycles. The van der Waals surface area contributed by atoms with Crippen molar-refractivity contribution in [2.45, 2.75) is 19.9 Å². The van der Waals surface area contributed by atoms with Crippen molar-refractivity contribution in [2.24, 2.45) is 5.73 Å². The largest absolute Gasteiger partial charge is 0.323 e. The molecular formula is C16H17ClN2O. The second-order valence-electron chi connectivity index (χ2n) is 4.86. The third kappa shape index (κ3) is 3.38. The van der Waals surface area contributed by atoms with Crippen LogP contribution in [0, 0.1) is 13.8 Å². The lowest BCUT2D eigenvalue weighted by molar-refractivity contribution is -0.117. The van der Waals surface area contributed by atoms with E-state index >= 15 is 0 Å². The SMILES string of the molecule is Cc1ccc(C(N)C(=O)Nc2ccc(C)cc2Cl)cc1. The van der Waals surface area contributed by atoms with Crippen LogP contribution in [-0.2, 0) is 4.79 Å². The van der Waals surface area contributed by atoms with Crippen molar-refractivity contribution in [1.29, 1.82) is 0 Å². The maximum atomic E-state index is 12.1. The summed E-state index contributed by atoms with van der Waals surface area (Å²) in [6.45, 7) is 3.93. The molecule has 2 aromatic rings. The van der Waals surface area contributed by atoms with Crippen LogP contribution in [0.15, 0.2) is 42.5 Å². The highest BCUT2D eigenvalue weighted by molar-refractivity contribution is 6.33. The number of nitrogens with two attached hydrogens (primary N) is 1. The van der Waals surface area contributed by atoms with Gasteiger partial charge in [-0.1, -0.05) is 47.5 Å². The molecule has 0 bridgehead atoms. The summed E-state index contributed by atoms with van der Waals surface area (Å²) in [6, 6.07) is 12.3. The van der Waals surface area contributed by atoms with E-state index in [2.05, 4.69) is 5.32 Å². The fourth-order valence-electron chi connectivity index (χ4n) is 1.86. The van der Waals surface area contributed by atoms with E-state index in [1.807, 2.05) is 44.2 Å². The summed E-state index contributed by atoms with van der Waals surface area (Å²) >= 11 is 6.09.